The average molecular weight is 284 g/mol. The lowest BCUT2D eigenvalue weighted by molar-refractivity contribution is 0.144. The second kappa shape index (κ2) is 5.30. The lowest BCUT2D eigenvalue weighted by atomic mass is 10.1. The Kier molecular flexibility index (Phi) is 4.00. The zero-order valence-electron chi connectivity index (χ0n) is 9.49. The van der Waals surface area contributed by atoms with Crippen molar-refractivity contribution in [2.75, 3.05) is 0 Å². The van der Waals surface area contributed by atoms with Crippen molar-refractivity contribution in [3.63, 3.8) is 0 Å². The number of halogens is 1. The molecule has 1 fully saturated rings. The first-order chi connectivity index (χ1) is 7.66. The molecule has 0 aliphatic heterocycles. The first-order valence-electron chi connectivity index (χ1n) is 5.86. The fourth-order valence-corrected chi connectivity index (χ4v) is 2.57. The molecular weight excluding hydrogens is 266 g/mol. The Bertz CT molecular complexity index is 338. The van der Waals surface area contributed by atoms with E-state index in [4.69, 9.17) is 0 Å². The lowest BCUT2D eigenvalue weighted by Gasteiger charge is -2.22. The van der Waals surface area contributed by atoms with Gasteiger partial charge in [-0.05, 0) is 43.9 Å². The van der Waals surface area contributed by atoms with E-state index in [1.165, 1.54) is 5.56 Å². The average Bonchev–Trinajstić information content (AvgIpc) is 2.65. The minimum Gasteiger partial charge on any atom is -0.392 e. The highest BCUT2D eigenvalue weighted by atomic mass is 79.9. The molecule has 0 bridgehead atoms. The standard InChI is InChI=1S/C13H18BrNO/c1-9(10-5-7-11(14)8-6-10)15-12-3-2-4-13(12)16/h5-9,12-13,15-16H,2-4H2,1H3. The van der Waals surface area contributed by atoms with Crippen LogP contribution in [0.1, 0.15) is 37.8 Å². The van der Waals surface area contributed by atoms with Gasteiger partial charge in [-0.15, -0.1) is 0 Å². The second-order valence-electron chi connectivity index (χ2n) is 4.54. The van der Waals surface area contributed by atoms with Crippen molar-refractivity contribution in [2.24, 2.45) is 0 Å². The second-order valence-corrected chi connectivity index (χ2v) is 5.46. The summed E-state index contributed by atoms with van der Waals surface area (Å²) in [5.74, 6) is 0. The third kappa shape index (κ3) is 2.84. The first kappa shape index (κ1) is 12.1. The van der Waals surface area contributed by atoms with Crippen molar-refractivity contribution >= 4 is 15.9 Å². The molecule has 3 unspecified atom stereocenters. The summed E-state index contributed by atoms with van der Waals surface area (Å²) in [5.41, 5.74) is 1.27. The van der Waals surface area contributed by atoms with Crippen LogP contribution in [0, 0.1) is 0 Å². The van der Waals surface area contributed by atoms with E-state index in [1.54, 1.807) is 0 Å². The molecule has 0 saturated heterocycles. The van der Waals surface area contributed by atoms with E-state index in [0.29, 0.717) is 6.04 Å². The number of nitrogens with one attached hydrogen (secondary N) is 1. The molecule has 0 amide bonds. The predicted octanol–water partition coefficient (Wildman–Crippen LogP) is 3.01. The maximum absolute atomic E-state index is 9.76. The first-order valence-corrected chi connectivity index (χ1v) is 6.65. The van der Waals surface area contributed by atoms with Crippen LogP contribution >= 0.6 is 15.9 Å². The number of rotatable bonds is 3. The fraction of sp³-hybridized carbons (Fsp3) is 0.538. The van der Waals surface area contributed by atoms with Crippen molar-refractivity contribution in [1.29, 1.82) is 0 Å². The summed E-state index contributed by atoms with van der Waals surface area (Å²) < 4.78 is 1.10. The molecule has 0 aromatic heterocycles. The molecular formula is C13H18BrNO. The van der Waals surface area contributed by atoms with E-state index >= 15 is 0 Å². The van der Waals surface area contributed by atoms with E-state index in [9.17, 15) is 5.11 Å². The molecule has 1 aromatic carbocycles. The van der Waals surface area contributed by atoms with Gasteiger partial charge in [0.2, 0.25) is 0 Å². The molecule has 3 atom stereocenters. The van der Waals surface area contributed by atoms with Gasteiger partial charge in [-0.25, -0.2) is 0 Å². The van der Waals surface area contributed by atoms with Crippen LogP contribution < -0.4 is 5.32 Å². The minimum atomic E-state index is -0.169. The fourth-order valence-electron chi connectivity index (χ4n) is 2.30. The van der Waals surface area contributed by atoms with Gasteiger partial charge < -0.3 is 10.4 Å². The van der Waals surface area contributed by atoms with Gasteiger partial charge in [0.05, 0.1) is 6.10 Å². The summed E-state index contributed by atoms with van der Waals surface area (Å²) in [4.78, 5) is 0. The van der Waals surface area contributed by atoms with Crippen molar-refractivity contribution < 1.29 is 5.11 Å². The molecule has 1 aliphatic carbocycles. The van der Waals surface area contributed by atoms with Crippen LogP contribution in [0.5, 0.6) is 0 Å². The van der Waals surface area contributed by atoms with E-state index in [-0.39, 0.29) is 12.1 Å². The summed E-state index contributed by atoms with van der Waals surface area (Å²) in [6.07, 6.45) is 2.98. The molecule has 16 heavy (non-hydrogen) atoms. The molecule has 2 N–H and O–H groups in total. The van der Waals surface area contributed by atoms with Gasteiger partial charge in [0.25, 0.3) is 0 Å². The molecule has 88 valence electrons. The third-order valence-electron chi connectivity index (χ3n) is 3.31. The zero-order chi connectivity index (χ0) is 11.5. The van der Waals surface area contributed by atoms with E-state index in [0.717, 1.165) is 23.7 Å². The third-order valence-corrected chi connectivity index (χ3v) is 3.84. The highest BCUT2D eigenvalue weighted by molar-refractivity contribution is 9.10. The topological polar surface area (TPSA) is 32.3 Å². The molecule has 2 nitrogen and oxygen atoms in total. The lowest BCUT2D eigenvalue weighted by Crippen LogP contribution is -2.37. The Morgan fingerprint density at radius 2 is 2.00 bits per heavy atom. The van der Waals surface area contributed by atoms with Crippen molar-refractivity contribution in [3.8, 4) is 0 Å². The Hall–Kier alpha value is -0.380. The number of aliphatic hydroxyl groups is 1. The van der Waals surface area contributed by atoms with E-state index in [2.05, 4.69) is 52.4 Å². The van der Waals surface area contributed by atoms with Crippen LogP contribution in [0.25, 0.3) is 0 Å². The van der Waals surface area contributed by atoms with Gasteiger partial charge in [0.15, 0.2) is 0 Å². The highest BCUT2D eigenvalue weighted by Crippen LogP contribution is 2.23. The Balaban J connectivity index is 1.97. The van der Waals surface area contributed by atoms with E-state index < -0.39 is 0 Å². The molecule has 2 rings (SSSR count). The molecule has 0 heterocycles. The van der Waals surface area contributed by atoms with Crippen LogP contribution in [-0.4, -0.2) is 17.3 Å². The summed E-state index contributed by atoms with van der Waals surface area (Å²) in [5, 5.41) is 13.3. The van der Waals surface area contributed by atoms with Crippen molar-refractivity contribution in [3.05, 3.63) is 34.3 Å². The van der Waals surface area contributed by atoms with Crippen LogP contribution in [0.3, 0.4) is 0 Å². The quantitative estimate of drug-likeness (QED) is 0.894. The van der Waals surface area contributed by atoms with Crippen LogP contribution in [0.15, 0.2) is 28.7 Å². The van der Waals surface area contributed by atoms with Gasteiger partial charge in [-0.2, -0.15) is 0 Å². The van der Waals surface area contributed by atoms with Gasteiger partial charge in [-0.1, -0.05) is 28.1 Å². The van der Waals surface area contributed by atoms with Crippen molar-refractivity contribution in [2.45, 2.75) is 44.4 Å². The van der Waals surface area contributed by atoms with E-state index in [1.807, 2.05) is 0 Å². The van der Waals surface area contributed by atoms with Crippen LogP contribution in [-0.2, 0) is 0 Å². The maximum atomic E-state index is 9.76. The molecule has 1 aliphatic rings. The smallest absolute Gasteiger partial charge is 0.0693 e. The Morgan fingerprint density at radius 3 is 2.56 bits per heavy atom. The normalized spacial score (nSPS) is 26.9. The molecule has 3 heteroatoms. The largest absolute Gasteiger partial charge is 0.392 e. The predicted molar refractivity (Wildman–Crippen MR) is 69.3 cm³/mol. The summed E-state index contributed by atoms with van der Waals surface area (Å²) in [6, 6.07) is 8.90. The molecule has 0 radical (unpaired) electrons. The van der Waals surface area contributed by atoms with Crippen LogP contribution in [0.4, 0.5) is 0 Å². The van der Waals surface area contributed by atoms with Gasteiger partial charge >= 0.3 is 0 Å². The Morgan fingerprint density at radius 1 is 1.31 bits per heavy atom. The molecule has 0 spiro atoms. The maximum Gasteiger partial charge on any atom is 0.0693 e. The van der Waals surface area contributed by atoms with Crippen molar-refractivity contribution in [1.82, 2.24) is 5.32 Å². The molecule has 1 aromatic rings. The highest BCUT2D eigenvalue weighted by Gasteiger charge is 2.26. The monoisotopic (exact) mass is 283 g/mol. The SMILES string of the molecule is CC(NC1CCCC1O)c1ccc(Br)cc1. The summed E-state index contributed by atoms with van der Waals surface area (Å²) in [7, 11) is 0. The van der Waals surface area contributed by atoms with Gasteiger partial charge in [0.1, 0.15) is 0 Å². The molecule has 1 saturated carbocycles. The zero-order valence-corrected chi connectivity index (χ0v) is 11.1. The van der Waals surface area contributed by atoms with Crippen LogP contribution in [0.2, 0.25) is 0 Å². The number of hydrogen-bond acceptors (Lipinski definition) is 2. The Labute approximate surface area is 105 Å². The number of benzene rings is 1. The minimum absolute atomic E-state index is 0.169. The van der Waals surface area contributed by atoms with Gasteiger partial charge in [-0.3, -0.25) is 0 Å². The van der Waals surface area contributed by atoms with Gasteiger partial charge in [0, 0.05) is 16.6 Å². The number of hydrogen-bond donors (Lipinski definition) is 2. The summed E-state index contributed by atoms with van der Waals surface area (Å²) >= 11 is 3.43. The summed E-state index contributed by atoms with van der Waals surface area (Å²) in [6.45, 7) is 2.15. The number of aliphatic hydroxyl groups excluding tert-OH is 1.